The van der Waals surface area contributed by atoms with Crippen molar-refractivity contribution in [1.82, 2.24) is 4.98 Å². The molecule has 2 aromatic rings. The maximum Gasteiger partial charge on any atom is 0.270 e. The lowest BCUT2D eigenvalue weighted by atomic mass is 10.2. The average molecular weight is 312 g/mol. The van der Waals surface area contributed by atoms with Gasteiger partial charge in [-0.05, 0) is 12.1 Å². The summed E-state index contributed by atoms with van der Waals surface area (Å²) < 4.78 is 0. The third kappa shape index (κ3) is 3.04. The van der Waals surface area contributed by atoms with Crippen LogP contribution in [0.25, 0.3) is 0 Å². The molecule has 8 heteroatoms. The van der Waals surface area contributed by atoms with E-state index in [1.165, 1.54) is 30.6 Å². The Labute approximate surface area is 123 Å². The van der Waals surface area contributed by atoms with E-state index in [0.717, 1.165) is 6.07 Å². The van der Waals surface area contributed by atoms with Gasteiger partial charge < -0.3 is 5.32 Å². The van der Waals surface area contributed by atoms with Crippen LogP contribution >= 0.6 is 23.2 Å². The van der Waals surface area contributed by atoms with Crippen molar-refractivity contribution >= 4 is 40.5 Å². The fourth-order valence-electron chi connectivity index (χ4n) is 1.46. The Balaban J connectivity index is 2.32. The quantitative estimate of drug-likeness (QED) is 0.693. The fourth-order valence-corrected chi connectivity index (χ4v) is 1.82. The number of halogens is 2. The van der Waals surface area contributed by atoms with Gasteiger partial charge in [0, 0.05) is 18.3 Å². The first-order valence-electron chi connectivity index (χ1n) is 5.34. The van der Waals surface area contributed by atoms with E-state index in [4.69, 9.17) is 23.2 Å². The molecule has 1 heterocycles. The van der Waals surface area contributed by atoms with Crippen molar-refractivity contribution in [3.05, 3.63) is 62.4 Å². The Morgan fingerprint density at radius 2 is 2.00 bits per heavy atom. The number of rotatable bonds is 3. The van der Waals surface area contributed by atoms with Gasteiger partial charge in [-0.3, -0.25) is 19.9 Å². The average Bonchev–Trinajstić information content (AvgIpc) is 2.41. The molecule has 0 fully saturated rings. The summed E-state index contributed by atoms with van der Waals surface area (Å²) in [4.78, 5) is 26.0. The molecule has 2 rings (SSSR count). The van der Waals surface area contributed by atoms with Crippen molar-refractivity contribution in [1.29, 1.82) is 0 Å². The SMILES string of the molecule is O=C(Nc1cnccc1Cl)c1cc([N+](=O)[O-])ccc1Cl. The molecule has 0 aliphatic heterocycles. The Morgan fingerprint density at radius 3 is 2.65 bits per heavy atom. The first-order chi connectivity index (χ1) is 9.49. The number of anilines is 1. The highest BCUT2D eigenvalue weighted by Gasteiger charge is 2.16. The molecule has 102 valence electrons. The zero-order valence-electron chi connectivity index (χ0n) is 9.84. The normalized spacial score (nSPS) is 10.1. The maximum atomic E-state index is 12.1. The first kappa shape index (κ1) is 14.2. The number of nitrogens with one attached hydrogen (secondary N) is 1. The number of hydrogen-bond acceptors (Lipinski definition) is 4. The van der Waals surface area contributed by atoms with E-state index in [-0.39, 0.29) is 16.3 Å². The molecule has 6 nitrogen and oxygen atoms in total. The van der Waals surface area contributed by atoms with Crippen molar-refractivity contribution in [2.45, 2.75) is 0 Å². The molecule has 0 radical (unpaired) electrons. The van der Waals surface area contributed by atoms with Crippen molar-refractivity contribution in [3.63, 3.8) is 0 Å². The number of nitro groups is 1. The Hall–Kier alpha value is -2.18. The molecule has 20 heavy (non-hydrogen) atoms. The molecule has 1 amide bonds. The Kier molecular flexibility index (Phi) is 4.16. The summed E-state index contributed by atoms with van der Waals surface area (Å²) in [6, 6.07) is 5.11. The van der Waals surface area contributed by atoms with Gasteiger partial charge in [-0.25, -0.2) is 0 Å². The molecule has 0 unspecified atom stereocenters. The summed E-state index contributed by atoms with van der Waals surface area (Å²) in [6.45, 7) is 0. The third-order valence-electron chi connectivity index (χ3n) is 2.42. The van der Waals surface area contributed by atoms with Crippen LogP contribution in [-0.2, 0) is 0 Å². The molecule has 0 aliphatic rings. The van der Waals surface area contributed by atoms with Crippen molar-refractivity contribution < 1.29 is 9.72 Å². The number of amides is 1. The van der Waals surface area contributed by atoms with Crippen LogP contribution in [0.4, 0.5) is 11.4 Å². The smallest absolute Gasteiger partial charge is 0.270 e. The van der Waals surface area contributed by atoms with E-state index in [9.17, 15) is 14.9 Å². The van der Waals surface area contributed by atoms with Gasteiger partial charge in [0.2, 0.25) is 0 Å². The van der Waals surface area contributed by atoms with Crippen molar-refractivity contribution in [3.8, 4) is 0 Å². The molecule has 0 saturated heterocycles. The number of hydrogen-bond donors (Lipinski definition) is 1. The summed E-state index contributed by atoms with van der Waals surface area (Å²) in [6.07, 6.45) is 2.84. The topological polar surface area (TPSA) is 85.1 Å². The monoisotopic (exact) mass is 311 g/mol. The van der Waals surface area contributed by atoms with E-state index < -0.39 is 10.8 Å². The largest absolute Gasteiger partial charge is 0.319 e. The maximum absolute atomic E-state index is 12.1. The molecule has 1 aromatic heterocycles. The molecule has 0 spiro atoms. The minimum Gasteiger partial charge on any atom is -0.319 e. The number of carbonyl (C=O) groups excluding carboxylic acids is 1. The number of pyridine rings is 1. The first-order valence-corrected chi connectivity index (χ1v) is 6.09. The molecule has 0 atom stereocenters. The second kappa shape index (κ2) is 5.85. The molecule has 1 aromatic carbocycles. The highest BCUT2D eigenvalue weighted by Crippen LogP contribution is 2.25. The highest BCUT2D eigenvalue weighted by molar-refractivity contribution is 6.36. The van der Waals surface area contributed by atoms with E-state index >= 15 is 0 Å². The Morgan fingerprint density at radius 1 is 1.25 bits per heavy atom. The number of nitro benzene ring substituents is 1. The molecule has 0 aliphatic carbocycles. The van der Waals surface area contributed by atoms with Crippen LogP contribution in [0.15, 0.2) is 36.7 Å². The molecular formula is C12H7Cl2N3O3. The molecule has 0 saturated carbocycles. The van der Waals surface area contributed by atoms with E-state index in [1.807, 2.05) is 0 Å². The van der Waals surface area contributed by atoms with Gasteiger partial charge in [0.1, 0.15) is 0 Å². The van der Waals surface area contributed by atoms with Crippen molar-refractivity contribution in [2.24, 2.45) is 0 Å². The fraction of sp³-hybridized carbons (Fsp3) is 0. The standard InChI is InChI=1S/C12H7Cl2N3O3/c13-9-2-1-7(17(19)20)5-8(9)12(18)16-11-6-15-4-3-10(11)14/h1-6H,(H,16,18). The summed E-state index contributed by atoms with van der Waals surface area (Å²) >= 11 is 11.8. The third-order valence-corrected chi connectivity index (χ3v) is 3.08. The summed E-state index contributed by atoms with van der Waals surface area (Å²) in [5.41, 5.74) is 0.0550. The number of non-ortho nitro benzene ring substituents is 1. The number of benzene rings is 1. The van der Waals surface area contributed by atoms with Gasteiger partial charge in [-0.1, -0.05) is 23.2 Å². The van der Waals surface area contributed by atoms with Gasteiger partial charge in [0.15, 0.2) is 0 Å². The minimum absolute atomic E-state index is 0.0132. The van der Waals surface area contributed by atoms with Crippen LogP contribution in [-0.4, -0.2) is 15.8 Å². The molecular weight excluding hydrogens is 305 g/mol. The summed E-state index contributed by atoms with van der Waals surface area (Å²) in [5, 5.41) is 13.6. The van der Waals surface area contributed by atoms with E-state index in [0.29, 0.717) is 10.7 Å². The second-order valence-corrected chi connectivity index (χ2v) is 4.55. The van der Waals surface area contributed by atoms with Gasteiger partial charge in [0.25, 0.3) is 11.6 Å². The lowest BCUT2D eigenvalue weighted by Crippen LogP contribution is -2.13. The lowest BCUT2D eigenvalue weighted by molar-refractivity contribution is -0.384. The van der Waals surface area contributed by atoms with Crippen LogP contribution < -0.4 is 5.32 Å². The zero-order valence-corrected chi connectivity index (χ0v) is 11.4. The van der Waals surface area contributed by atoms with Gasteiger partial charge in [-0.2, -0.15) is 0 Å². The van der Waals surface area contributed by atoms with Crippen LogP contribution in [0.3, 0.4) is 0 Å². The minimum atomic E-state index is -0.607. The van der Waals surface area contributed by atoms with Gasteiger partial charge in [0.05, 0.1) is 32.4 Å². The number of carbonyl (C=O) groups is 1. The van der Waals surface area contributed by atoms with Crippen LogP contribution in [0.1, 0.15) is 10.4 Å². The van der Waals surface area contributed by atoms with Crippen molar-refractivity contribution in [2.75, 3.05) is 5.32 Å². The highest BCUT2D eigenvalue weighted by atomic mass is 35.5. The number of nitrogens with zero attached hydrogens (tertiary/aromatic N) is 2. The van der Waals surface area contributed by atoms with Crippen LogP contribution in [0, 0.1) is 10.1 Å². The summed E-state index contributed by atoms with van der Waals surface area (Å²) in [7, 11) is 0. The Bertz CT molecular complexity index is 691. The second-order valence-electron chi connectivity index (χ2n) is 3.73. The summed E-state index contributed by atoms with van der Waals surface area (Å²) in [5.74, 6) is -0.603. The van der Waals surface area contributed by atoms with Crippen LogP contribution in [0.5, 0.6) is 0 Å². The van der Waals surface area contributed by atoms with Gasteiger partial charge >= 0.3 is 0 Å². The van der Waals surface area contributed by atoms with Crippen LogP contribution in [0.2, 0.25) is 10.0 Å². The van der Waals surface area contributed by atoms with E-state index in [1.54, 1.807) is 0 Å². The predicted molar refractivity (Wildman–Crippen MR) is 75.3 cm³/mol. The predicted octanol–water partition coefficient (Wildman–Crippen LogP) is 3.55. The van der Waals surface area contributed by atoms with E-state index in [2.05, 4.69) is 10.3 Å². The zero-order chi connectivity index (χ0) is 14.7. The molecule has 1 N–H and O–H groups in total. The lowest BCUT2D eigenvalue weighted by Gasteiger charge is -2.07. The van der Waals surface area contributed by atoms with Gasteiger partial charge in [-0.15, -0.1) is 0 Å². The number of aromatic nitrogens is 1. The molecule has 0 bridgehead atoms.